The summed E-state index contributed by atoms with van der Waals surface area (Å²) in [5.74, 6) is 0. The van der Waals surface area contributed by atoms with Crippen LogP contribution in [0.1, 0.15) is 11.1 Å². The molecule has 0 aliphatic carbocycles. The summed E-state index contributed by atoms with van der Waals surface area (Å²) in [6.07, 6.45) is -2.75. The molecule has 11 heteroatoms. The molecule has 4 rings (SSSR count). The van der Waals surface area contributed by atoms with Gasteiger partial charge in [-0.3, -0.25) is 0 Å². The molecule has 3 N–H and O–H groups in total. The van der Waals surface area contributed by atoms with Crippen molar-refractivity contribution in [1.29, 1.82) is 0 Å². The Morgan fingerprint density at radius 1 is 1.07 bits per heavy atom. The number of sulfonamides is 1. The number of rotatable bonds is 2. The van der Waals surface area contributed by atoms with Crippen LogP contribution in [0.25, 0.3) is 16.8 Å². The van der Waals surface area contributed by atoms with E-state index in [2.05, 4.69) is 10.4 Å². The molecule has 2 aliphatic rings. The fraction of sp³-hybridized carbons (Fsp3) is 0.118. The topological polar surface area (TPSA) is 87.8 Å². The fourth-order valence-electron chi connectivity index (χ4n) is 2.81. The van der Waals surface area contributed by atoms with Crippen molar-refractivity contribution in [3.8, 4) is 11.1 Å². The first kappa shape index (κ1) is 18.8. The predicted octanol–water partition coefficient (Wildman–Crippen LogP) is 3.17. The van der Waals surface area contributed by atoms with Gasteiger partial charge in [0.05, 0.1) is 17.5 Å². The van der Waals surface area contributed by atoms with Crippen molar-refractivity contribution >= 4 is 31.9 Å². The van der Waals surface area contributed by atoms with E-state index in [-0.39, 0.29) is 4.38 Å². The molecule has 2 aromatic rings. The minimum absolute atomic E-state index is 0.166. The van der Waals surface area contributed by atoms with Crippen LogP contribution in [0.2, 0.25) is 0 Å². The second-order valence-corrected chi connectivity index (χ2v) is 8.91. The second-order valence-electron chi connectivity index (χ2n) is 6.10. The van der Waals surface area contributed by atoms with Gasteiger partial charge in [0.25, 0.3) is 10.0 Å². The minimum Gasteiger partial charge on any atom is -0.353 e. The molecule has 28 heavy (non-hydrogen) atoms. The van der Waals surface area contributed by atoms with Crippen molar-refractivity contribution < 1.29 is 21.6 Å². The van der Waals surface area contributed by atoms with Gasteiger partial charge in [0.15, 0.2) is 5.50 Å². The van der Waals surface area contributed by atoms with E-state index in [0.29, 0.717) is 16.8 Å². The van der Waals surface area contributed by atoms with Gasteiger partial charge in [0.2, 0.25) is 4.38 Å². The third kappa shape index (κ3) is 3.60. The van der Waals surface area contributed by atoms with Crippen molar-refractivity contribution in [3.05, 3.63) is 65.9 Å². The van der Waals surface area contributed by atoms with Crippen LogP contribution >= 0.6 is 11.8 Å². The molecule has 0 radical (unpaired) electrons. The number of alkyl halides is 3. The Balaban J connectivity index is 1.56. The SMILES string of the molecule is NS(=O)(=O)C1=NN2C=C(c3ccc(-c4cccc(C(F)(F)F)c4)cc3)NC2S1. The summed E-state index contributed by atoms with van der Waals surface area (Å²) < 4.78 is 61.2. The molecular weight excluding hydrogens is 413 g/mol. The van der Waals surface area contributed by atoms with Gasteiger partial charge in [0, 0.05) is 0 Å². The molecule has 2 aromatic carbocycles. The largest absolute Gasteiger partial charge is 0.416 e. The molecule has 0 aromatic heterocycles. The third-order valence-electron chi connectivity index (χ3n) is 4.15. The molecule has 1 atom stereocenters. The number of thioether (sulfide) groups is 1. The van der Waals surface area contributed by atoms with E-state index in [4.69, 9.17) is 5.14 Å². The van der Waals surface area contributed by atoms with Crippen LogP contribution in [-0.2, 0) is 16.2 Å². The second kappa shape index (κ2) is 6.54. The Hall–Kier alpha value is -2.50. The molecule has 2 aliphatic heterocycles. The number of hydrogen-bond donors (Lipinski definition) is 2. The van der Waals surface area contributed by atoms with Crippen LogP contribution < -0.4 is 10.5 Å². The monoisotopic (exact) mass is 426 g/mol. The summed E-state index contributed by atoms with van der Waals surface area (Å²) in [5, 5.41) is 13.6. The van der Waals surface area contributed by atoms with E-state index >= 15 is 0 Å². The Morgan fingerprint density at radius 3 is 2.36 bits per heavy atom. The maximum atomic E-state index is 12.9. The van der Waals surface area contributed by atoms with Crippen LogP contribution in [0.3, 0.4) is 0 Å². The van der Waals surface area contributed by atoms with Crippen LogP contribution in [0.4, 0.5) is 13.2 Å². The lowest BCUT2D eigenvalue weighted by atomic mass is 10.0. The number of hydrazone groups is 1. The zero-order chi connectivity index (χ0) is 20.1. The normalized spacial score (nSPS) is 19.1. The average molecular weight is 426 g/mol. The first-order valence-corrected chi connectivity index (χ1v) is 10.4. The Kier molecular flexibility index (Phi) is 4.40. The van der Waals surface area contributed by atoms with E-state index < -0.39 is 27.3 Å². The summed E-state index contributed by atoms with van der Waals surface area (Å²) in [7, 11) is -3.86. The highest BCUT2D eigenvalue weighted by Crippen LogP contribution is 2.35. The van der Waals surface area contributed by atoms with Crippen molar-refractivity contribution in [2.75, 3.05) is 0 Å². The van der Waals surface area contributed by atoms with Gasteiger partial charge in [-0.15, -0.1) is 5.10 Å². The molecular formula is C17H13F3N4O2S2. The van der Waals surface area contributed by atoms with Crippen LogP contribution in [0.15, 0.2) is 59.8 Å². The Morgan fingerprint density at radius 2 is 1.75 bits per heavy atom. The predicted molar refractivity (Wildman–Crippen MR) is 102 cm³/mol. The van der Waals surface area contributed by atoms with E-state index in [1.54, 1.807) is 36.5 Å². The quantitative estimate of drug-likeness (QED) is 0.770. The van der Waals surface area contributed by atoms with Crippen molar-refractivity contribution in [3.63, 3.8) is 0 Å². The van der Waals surface area contributed by atoms with Gasteiger partial charge in [-0.25, -0.2) is 18.6 Å². The highest BCUT2D eigenvalue weighted by molar-refractivity contribution is 8.35. The van der Waals surface area contributed by atoms with E-state index in [1.165, 1.54) is 11.1 Å². The van der Waals surface area contributed by atoms with Gasteiger partial charge in [-0.2, -0.15) is 13.2 Å². The maximum Gasteiger partial charge on any atom is 0.416 e. The van der Waals surface area contributed by atoms with Crippen molar-refractivity contribution in [2.24, 2.45) is 10.2 Å². The number of fused-ring (bicyclic) bond motifs is 1. The van der Waals surface area contributed by atoms with Crippen LogP contribution in [-0.4, -0.2) is 23.3 Å². The number of primary sulfonamides is 1. The molecule has 0 amide bonds. The molecule has 146 valence electrons. The molecule has 0 saturated heterocycles. The Labute approximate surface area is 163 Å². The zero-order valence-electron chi connectivity index (χ0n) is 14.0. The lowest BCUT2D eigenvalue weighted by Gasteiger charge is -2.12. The minimum atomic E-state index is -4.39. The van der Waals surface area contributed by atoms with E-state index in [9.17, 15) is 21.6 Å². The summed E-state index contributed by atoms with van der Waals surface area (Å²) in [5.41, 5.74) is 1.51. The standard InChI is InChI=1S/C17H13F3N4O2S2/c18-17(19,20)13-3-1-2-12(8-13)10-4-6-11(7-5-10)14-9-24-15(22-14)27-16(23-24)28(21,25)26/h1-9,15,22H,(H2,21,25,26). The summed E-state index contributed by atoms with van der Waals surface area (Å²) in [6, 6.07) is 12.1. The highest BCUT2D eigenvalue weighted by atomic mass is 32.3. The summed E-state index contributed by atoms with van der Waals surface area (Å²) >= 11 is 0.984. The van der Waals surface area contributed by atoms with Gasteiger partial charge in [-0.1, -0.05) is 36.4 Å². The van der Waals surface area contributed by atoms with E-state index in [0.717, 1.165) is 29.5 Å². The smallest absolute Gasteiger partial charge is 0.353 e. The van der Waals surface area contributed by atoms with Crippen LogP contribution in [0, 0.1) is 0 Å². The molecule has 2 heterocycles. The lowest BCUT2D eigenvalue weighted by molar-refractivity contribution is -0.137. The molecule has 0 spiro atoms. The fourth-order valence-corrected chi connectivity index (χ4v) is 4.57. The summed E-state index contributed by atoms with van der Waals surface area (Å²) in [6.45, 7) is 0. The number of benzene rings is 2. The first-order valence-electron chi connectivity index (χ1n) is 7.94. The van der Waals surface area contributed by atoms with Crippen LogP contribution in [0.5, 0.6) is 0 Å². The van der Waals surface area contributed by atoms with E-state index in [1.807, 2.05) is 0 Å². The number of nitrogens with zero attached hydrogens (tertiary/aromatic N) is 2. The molecule has 6 nitrogen and oxygen atoms in total. The maximum absolute atomic E-state index is 12.9. The number of nitrogens with two attached hydrogens (primary N) is 1. The lowest BCUT2D eigenvalue weighted by Crippen LogP contribution is -2.26. The van der Waals surface area contributed by atoms with Crippen molar-refractivity contribution in [1.82, 2.24) is 10.3 Å². The van der Waals surface area contributed by atoms with Gasteiger partial charge < -0.3 is 5.32 Å². The number of halogens is 3. The molecule has 1 unspecified atom stereocenters. The zero-order valence-corrected chi connectivity index (χ0v) is 15.6. The molecule has 0 bridgehead atoms. The highest BCUT2D eigenvalue weighted by Gasteiger charge is 2.36. The summed E-state index contributed by atoms with van der Waals surface area (Å²) in [4.78, 5) is 0. The van der Waals surface area contributed by atoms with Gasteiger partial charge >= 0.3 is 6.18 Å². The number of hydrogen-bond acceptors (Lipinski definition) is 6. The Bertz CT molecular complexity index is 1100. The number of nitrogens with one attached hydrogen (secondary N) is 1. The van der Waals surface area contributed by atoms with Gasteiger partial charge in [-0.05, 0) is 40.6 Å². The average Bonchev–Trinajstić information content (AvgIpc) is 3.20. The van der Waals surface area contributed by atoms with Crippen molar-refractivity contribution in [2.45, 2.75) is 11.7 Å². The first-order chi connectivity index (χ1) is 13.1. The third-order valence-corrected chi connectivity index (χ3v) is 6.55. The molecule has 0 saturated carbocycles. The van der Waals surface area contributed by atoms with Gasteiger partial charge in [0.1, 0.15) is 0 Å². The molecule has 0 fully saturated rings.